The summed E-state index contributed by atoms with van der Waals surface area (Å²) in [6, 6.07) is 3.93. The van der Waals surface area contributed by atoms with Gasteiger partial charge >= 0.3 is 0 Å². The molecule has 1 amide bonds. The zero-order valence-corrected chi connectivity index (χ0v) is 13.2. The Balaban J connectivity index is 2.83. The summed E-state index contributed by atoms with van der Waals surface area (Å²) in [4.78, 5) is 17.0. The van der Waals surface area contributed by atoms with E-state index in [2.05, 4.69) is 17.2 Å². The summed E-state index contributed by atoms with van der Waals surface area (Å²) in [6.07, 6.45) is 3.84. The van der Waals surface area contributed by atoms with Crippen LogP contribution in [0.1, 0.15) is 44.9 Å². The SMILES string of the molecule is CCc1cccnc1CNC(=O)C(CC)(CC)C(N)=S. The molecule has 0 aliphatic heterocycles. The van der Waals surface area contributed by atoms with Gasteiger partial charge in [0.25, 0.3) is 0 Å². The third-order valence-corrected chi connectivity index (χ3v) is 4.29. The number of carbonyl (C=O) groups excluding carboxylic acids is 1. The summed E-state index contributed by atoms with van der Waals surface area (Å²) in [5.74, 6) is -0.109. The van der Waals surface area contributed by atoms with Gasteiger partial charge in [0.2, 0.25) is 5.91 Å². The van der Waals surface area contributed by atoms with Gasteiger partial charge in [-0.05, 0) is 30.9 Å². The van der Waals surface area contributed by atoms with Gasteiger partial charge in [0.05, 0.1) is 22.6 Å². The zero-order chi connectivity index (χ0) is 15.2. The molecule has 1 aromatic rings. The fraction of sp³-hybridized carbons (Fsp3) is 0.533. The summed E-state index contributed by atoms with van der Waals surface area (Å²) in [5, 5.41) is 2.93. The molecule has 1 heterocycles. The Morgan fingerprint density at radius 2 is 2.05 bits per heavy atom. The summed E-state index contributed by atoms with van der Waals surface area (Å²) >= 11 is 5.08. The number of nitrogens with zero attached hydrogens (tertiary/aromatic N) is 1. The van der Waals surface area contributed by atoms with Crippen LogP contribution in [0, 0.1) is 5.41 Å². The molecule has 1 aromatic heterocycles. The van der Waals surface area contributed by atoms with Crippen molar-refractivity contribution in [2.75, 3.05) is 0 Å². The van der Waals surface area contributed by atoms with E-state index >= 15 is 0 Å². The van der Waals surface area contributed by atoms with Gasteiger partial charge in [-0.1, -0.05) is 39.1 Å². The van der Waals surface area contributed by atoms with Crippen molar-refractivity contribution < 1.29 is 4.79 Å². The highest BCUT2D eigenvalue weighted by molar-refractivity contribution is 7.80. The summed E-state index contributed by atoms with van der Waals surface area (Å²) < 4.78 is 0. The van der Waals surface area contributed by atoms with Crippen LogP contribution in [0.25, 0.3) is 0 Å². The third kappa shape index (κ3) is 3.33. The van der Waals surface area contributed by atoms with E-state index in [0.717, 1.165) is 17.7 Å². The minimum atomic E-state index is -0.753. The summed E-state index contributed by atoms with van der Waals surface area (Å²) in [6.45, 7) is 6.34. The number of hydrogen-bond donors (Lipinski definition) is 2. The zero-order valence-electron chi connectivity index (χ0n) is 12.4. The largest absolute Gasteiger partial charge is 0.392 e. The van der Waals surface area contributed by atoms with Gasteiger partial charge in [0, 0.05) is 6.20 Å². The van der Waals surface area contributed by atoms with Crippen LogP contribution in [-0.4, -0.2) is 15.9 Å². The number of amides is 1. The van der Waals surface area contributed by atoms with Crippen LogP contribution < -0.4 is 11.1 Å². The Labute approximate surface area is 126 Å². The van der Waals surface area contributed by atoms with E-state index < -0.39 is 5.41 Å². The number of nitrogens with two attached hydrogens (primary N) is 1. The Bertz CT molecular complexity index is 484. The van der Waals surface area contributed by atoms with Gasteiger partial charge in [-0.2, -0.15) is 0 Å². The molecule has 20 heavy (non-hydrogen) atoms. The van der Waals surface area contributed by atoms with Gasteiger partial charge in [0.1, 0.15) is 0 Å². The topological polar surface area (TPSA) is 68.0 Å². The lowest BCUT2D eigenvalue weighted by atomic mass is 9.81. The molecule has 5 heteroatoms. The lowest BCUT2D eigenvalue weighted by molar-refractivity contribution is -0.128. The second-order valence-electron chi connectivity index (χ2n) is 4.80. The van der Waals surface area contributed by atoms with Crippen molar-refractivity contribution in [2.45, 2.75) is 46.6 Å². The molecule has 0 saturated carbocycles. The van der Waals surface area contributed by atoms with Crippen molar-refractivity contribution in [3.8, 4) is 0 Å². The smallest absolute Gasteiger partial charge is 0.233 e. The molecular formula is C15H23N3OS. The Hall–Kier alpha value is -1.49. The van der Waals surface area contributed by atoms with Crippen LogP contribution in [-0.2, 0) is 17.8 Å². The highest BCUT2D eigenvalue weighted by Gasteiger charge is 2.37. The molecule has 0 fully saturated rings. The first-order chi connectivity index (χ1) is 9.51. The van der Waals surface area contributed by atoms with Crippen LogP contribution in [0.4, 0.5) is 0 Å². The highest BCUT2D eigenvalue weighted by atomic mass is 32.1. The van der Waals surface area contributed by atoms with Crippen molar-refractivity contribution in [1.82, 2.24) is 10.3 Å². The Morgan fingerprint density at radius 3 is 2.55 bits per heavy atom. The number of rotatable bonds is 7. The Kier molecular flexibility index (Phi) is 6.07. The molecule has 0 atom stereocenters. The maximum Gasteiger partial charge on any atom is 0.233 e. The van der Waals surface area contributed by atoms with E-state index in [0.29, 0.717) is 19.4 Å². The molecule has 1 rings (SSSR count). The van der Waals surface area contributed by atoms with Gasteiger partial charge in [-0.25, -0.2) is 0 Å². The molecule has 0 aliphatic carbocycles. The van der Waals surface area contributed by atoms with Crippen molar-refractivity contribution >= 4 is 23.1 Å². The minimum absolute atomic E-state index is 0.109. The Morgan fingerprint density at radius 1 is 1.40 bits per heavy atom. The maximum atomic E-state index is 12.4. The molecule has 110 valence electrons. The summed E-state index contributed by atoms with van der Waals surface area (Å²) in [5.41, 5.74) is 7.06. The van der Waals surface area contributed by atoms with Gasteiger partial charge in [-0.15, -0.1) is 0 Å². The van der Waals surface area contributed by atoms with Crippen molar-refractivity contribution in [2.24, 2.45) is 11.1 Å². The lowest BCUT2D eigenvalue weighted by Crippen LogP contribution is -2.48. The fourth-order valence-electron chi connectivity index (χ4n) is 2.32. The minimum Gasteiger partial charge on any atom is -0.392 e. The van der Waals surface area contributed by atoms with E-state index in [1.165, 1.54) is 0 Å². The molecule has 0 aliphatic rings. The predicted octanol–water partition coefficient (Wildman–Crippen LogP) is 2.35. The summed E-state index contributed by atoms with van der Waals surface area (Å²) in [7, 11) is 0. The number of nitrogens with one attached hydrogen (secondary N) is 1. The second-order valence-corrected chi connectivity index (χ2v) is 5.24. The first-order valence-corrected chi connectivity index (χ1v) is 7.43. The monoisotopic (exact) mass is 293 g/mol. The molecule has 0 bridgehead atoms. The molecule has 0 saturated heterocycles. The average molecular weight is 293 g/mol. The van der Waals surface area contributed by atoms with E-state index in [1.54, 1.807) is 6.20 Å². The van der Waals surface area contributed by atoms with Gasteiger partial charge in [-0.3, -0.25) is 9.78 Å². The second kappa shape index (κ2) is 7.33. The van der Waals surface area contributed by atoms with Gasteiger partial charge in [0.15, 0.2) is 0 Å². The molecule has 3 N–H and O–H groups in total. The number of pyridine rings is 1. The van der Waals surface area contributed by atoms with E-state index in [4.69, 9.17) is 18.0 Å². The molecular weight excluding hydrogens is 270 g/mol. The average Bonchev–Trinajstić information content (AvgIpc) is 2.46. The number of hydrogen-bond acceptors (Lipinski definition) is 3. The van der Waals surface area contributed by atoms with Crippen LogP contribution in [0.15, 0.2) is 18.3 Å². The fourth-order valence-corrected chi connectivity index (χ4v) is 2.70. The van der Waals surface area contributed by atoms with Crippen molar-refractivity contribution in [3.63, 3.8) is 0 Å². The molecule has 0 radical (unpaired) electrons. The van der Waals surface area contributed by atoms with Crippen LogP contribution in [0.5, 0.6) is 0 Å². The third-order valence-electron chi connectivity index (χ3n) is 3.90. The van der Waals surface area contributed by atoms with Crippen LogP contribution in [0.3, 0.4) is 0 Å². The van der Waals surface area contributed by atoms with E-state index in [-0.39, 0.29) is 10.9 Å². The normalized spacial score (nSPS) is 11.2. The number of aryl methyl sites for hydroxylation is 1. The van der Waals surface area contributed by atoms with Crippen molar-refractivity contribution in [1.29, 1.82) is 0 Å². The molecule has 0 unspecified atom stereocenters. The van der Waals surface area contributed by atoms with Crippen LogP contribution >= 0.6 is 12.2 Å². The number of thiocarbonyl (C=S) groups is 1. The predicted molar refractivity (Wildman–Crippen MR) is 85.3 cm³/mol. The first-order valence-electron chi connectivity index (χ1n) is 7.02. The standard InChI is InChI=1S/C15H23N3OS/c1-4-11-8-7-9-17-12(11)10-18-14(19)15(5-2,6-3)13(16)20/h7-9H,4-6,10H2,1-3H3,(H2,16,20)(H,18,19). The van der Waals surface area contributed by atoms with Gasteiger partial charge < -0.3 is 11.1 Å². The molecule has 0 aromatic carbocycles. The van der Waals surface area contributed by atoms with Crippen molar-refractivity contribution in [3.05, 3.63) is 29.6 Å². The maximum absolute atomic E-state index is 12.4. The molecule has 4 nitrogen and oxygen atoms in total. The molecule has 0 spiro atoms. The number of carbonyl (C=O) groups is 1. The quantitative estimate of drug-likeness (QED) is 0.757. The number of aromatic nitrogens is 1. The first kappa shape index (κ1) is 16.6. The van der Waals surface area contributed by atoms with E-state index in [1.807, 2.05) is 26.0 Å². The van der Waals surface area contributed by atoms with Crippen LogP contribution in [0.2, 0.25) is 0 Å². The lowest BCUT2D eigenvalue weighted by Gasteiger charge is -2.29. The van der Waals surface area contributed by atoms with E-state index in [9.17, 15) is 4.79 Å². The highest BCUT2D eigenvalue weighted by Crippen LogP contribution is 2.27.